The first-order valence-corrected chi connectivity index (χ1v) is 8.37. The van der Waals surface area contributed by atoms with Crippen LogP contribution >= 0.6 is 15.9 Å². The van der Waals surface area contributed by atoms with Crippen molar-refractivity contribution in [2.24, 2.45) is 12.9 Å². The van der Waals surface area contributed by atoms with E-state index in [1.165, 1.54) is 57.3 Å². The van der Waals surface area contributed by atoms with Gasteiger partial charge in [-0.15, -0.1) is 0 Å². The fourth-order valence-corrected chi connectivity index (χ4v) is 4.75. The number of nitrogens with two attached hydrogens (primary N) is 1. The molecule has 1 saturated heterocycles. The molecule has 20 heavy (non-hydrogen) atoms. The molecule has 0 spiro atoms. The summed E-state index contributed by atoms with van der Waals surface area (Å²) in [5, 5.41) is 4.37. The van der Waals surface area contributed by atoms with E-state index in [9.17, 15) is 0 Å². The number of nitrogens with zero attached hydrogens (tertiary/aromatic N) is 3. The molecule has 1 aliphatic carbocycles. The van der Waals surface area contributed by atoms with Gasteiger partial charge in [-0.2, -0.15) is 5.10 Å². The van der Waals surface area contributed by atoms with Crippen LogP contribution in [0.5, 0.6) is 0 Å². The molecule has 2 fully saturated rings. The van der Waals surface area contributed by atoms with Crippen molar-refractivity contribution < 1.29 is 0 Å². The number of nitrogens with one attached hydrogen (secondary N) is 1. The number of hydrogen-bond donors (Lipinski definition) is 2. The second-order valence-electron chi connectivity index (χ2n) is 6.11. The third-order valence-corrected chi connectivity index (χ3v) is 5.73. The molecule has 5 nitrogen and oxygen atoms in total. The summed E-state index contributed by atoms with van der Waals surface area (Å²) < 4.78 is 3.00. The highest BCUT2D eigenvalue weighted by Crippen LogP contribution is 2.46. The summed E-state index contributed by atoms with van der Waals surface area (Å²) in [6, 6.07) is 0.130. The highest BCUT2D eigenvalue weighted by atomic mass is 79.9. The van der Waals surface area contributed by atoms with E-state index in [1.54, 1.807) is 0 Å². The van der Waals surface area contributed by atoms with Crippen LogP contribution in [-0.2, 0) is 7.05 Å². The van der Waals surface area contributed by atoms with E-state index in [4.69, 9.17) is 5.84 Å². The first kappa shape index (κ1) is 14.5. The lowest BCUT2D eigenvalue weighted by Crippen LogP contribution is -2.56. The van der Waals surface area contributed by atoms with E-state index in [0.29, 0.717) is 0 Å². The molecule has 3 N–H and O–H groups in total. The van der Waals surface area contributed by atoms with Gasteiger partial charge in [0.2, 0.25) is 0 Å². The van der Waals surface area contributed by atoms with Crippen molar-refractivity contribution in [1.29, 1.82) is 0 Å². The Kier molecular flexibility index (Phi) is 4.17. The lowest BCUT2D eigenvalue weighted by Gasteiger charge is -2.44. The summed E-state index contributed by atoms with van der Waals surface area (Å²) in [5.41, 5.74) is 4.44. The van der Waals surface area contributed by atoms with Crippen LogP contribution in [0.25, 0.3) is 0 Å². The van der Waals surface area contributed by atoms with Crippen LogP contribution in [0, 0.1) is 0 Å². The number of halogens is 1. The maximum atomic E-state index is 6.00. The Balaban J connectivity index is 2.00. The van der Waals surface area contributed by atoms with Crippen molar-refractivity contribution in [3.63, 3.8) is 0 Å². The molecule has 1 aliphatic heterocycles. The molecule has 6 heteroatoms. The number of rotatable bonds is 4. The van der Waals surface area contributed by atoms with Crippen LogP contribution in [0.1, 0.15) is 50.3 Å². The quantitative estimate of drug-likeness (QED) is 0.650. The molecule has 2 aliphatic rings. The van der Waals surface area contributed by atoms with Gasteiger partial charge in [0.15, 0.2) is 0 Å². The van der Waals surface area contributed by atoms with E-state index in [-0.39, 0.29) is 11.6 Å². The topological polar surface area (TPSA) is 59.1 Å². The zero-order valence-corrected chi connectivity index (χ0v) is 13.7. The Hall–Kier alpha value is -0.430. The van der Waals surface area contributed by atoms with Crippen LogP contribution in [0.4, 0.5) is 0 Å². The van der Waals surface area contributed by atoms with Gasteiger partial charge in [0.1, 0.15) is 0 Å². The molecule has 1 atom stereocenters. The van der Waals surface area contributed by atoms with Gasteiger partial charge >= 0.3 is 0 Å². The summed E-state index contributed by atoms with van der Waals surface area (Å²) >= 11 is 3.64. The van der Waals surface area contributed by atoms with Gasteiger partial charge in [-0.25, -0.2) is 5.43 Å². The number of aryl methyl sites for hydroxylation is 1. The smallest absolute Gasteiger partial charge is 0.0823 e. The third-order valence-electron chi connectivity index (χ3n) is 5.12. The normalized spacial score (nSPS) is 24.4. The number of aromatic nitrogens is 2. The molecule has 0 radical (unpaired) electrons. The number of likely N-dealkylation sites (tertiary alicyclic amines) is 1. The highest BCUT2D eigenvalue weighted by Gasteiger charge is 2.48. The Morgan fingerprint density at radius 3 is 2.45 bits per heavy atom. The van der Waals surface area contributed by atoms with Gasteiger partial charge < -0.3 is 0 Å². The largest absolute Gasteiger partial charge is 0.296 e. The van der Waals surface area contributed by atoms with Crippen LogP contribution in [0.15, 0.2) is 10.7 Å². The zero-order valence-electron chi connectivity index (χ0n) is 12.1. The lowest BCUT2D eigenvalue weighted by molar-refractivity contribution is 0.0728. The van der Waals surface area contributed by atoms with E-state index >= 15 is 0 Å². The van der Waals surface area contributed by atoms with Crippen molar-refractivity contribution in [1.82, 2.24) is 20.1 Å². The van der Waals surface area contributed by atoms with Crippen molar-refractivity contribution in [3.8, 4) is 0 Å². The molecule has 0 bridgehead atoms. The van der Waals surface area contributed by atoms with E-state index in [0.717, 1.165) is 4.47 Å². The molecule has 112 valence electrons. The molecule has 2 heterocycles. The standard InChI is InChI=1S/C14H24BrN5/c1-19-12(11(15)10-17-19)13(18-16)14(6-2-3-7-14)20-8-4-5-9-20/h10,13,18H,2-9,16H2,1H3. The van der Waals surface area contributed by atoms with Gasteiger partial charge in [0.25, 0.3) is 0 Å². The van der Waals surface area contributed by atoms with Gasteiger partial charge in [0, 0.05) is 12.6 Å². The maximum absolute atomic E-state index is 6.00. The SMILES string of the molecule is Cn1ncc(Br)c1C(NN)C1(N2CCCC2)CCCC1. The van der Waals surface area contributed by atoms with E-state index in [2.05, 4.69) is 31.4 Å². The molecular formula is C14H24BrN5. The minimum atomic E-state index is 0.130. The van der Waals surface area contributed by atoms with Crippen molar-refractivity contribution in [2.75, 3.05) is 13.1 Å². The minimum Gasteiger partial charge on any atom is -0.296 e. The summed E-state index contributed by atoms with van der Waals surface area (Å²) in [4.78, 5) is 2.67. The van der Waals surface area contributed by atoms with Gasteiger partial charge in [-0.1, -0.05) is 12.8 Å². The Morgan fingerprint density at radius 1 is 1.30 bits per heavy atom. The molecule has 1 saturated carbocycles. The van der Waals surface area contributed by atoms with Crippen LogP contribution < -0.4 is 11.3 Å². The summed E-state index contributed by atoms with van der Waals surface area (Å²) in [6.45, 7) is 2.40. The predicted octanol–water partition coefficient (Wildman–Crippen LogP) is 2.10. The van der Waals surface area contributed by atoms with E-state index in [1.807, 2.05) is 17.9 Å². The van der Waals surface area contributed by atoms with Crippen molar-refractivity contribution >= 4 is 15.9 Å². The summed E-state index contributed by atoms with van der Waals surface area (Å²) in [7, 11) is 2.00. The first-order chi connectivity index (χ1) is 9.69. The lowest BCUT2D eigenvalue weighted by atomic mass is 9.84. The third kappa shape index (κ3) is 2.22. The highest BCUT2D eigenvalue weighted by molar-refractivity contribution is 9.10. The minimum absolute atomic E-state index is 0.130. The fourth-order valence-electron chi connectivity index (χ4n) is 4.17. The van der Waals surface area contributed by atoms with Gasteiger partial charge in [0.05, 0.1) is 22.4 Å². The van der Waals surface area contributed by atoms with Crippen molar-refractivity contribution in [3.05, 3.63) is 16.4 Å². The first-order valence-electron chi connectivity index (χ1n) is 7.57. The monoisotopic (exact) mass is 341 g/mol. The molecule has 0 aromatic carbocycles. The molecule has 1 aromatic rings. The van der Waals surface area contributed by atoms with Gasteiger partial charge in [-0.3, -0.25) is 15.4 Å². The van der Waals surface area contributed by atoms with Crippen LogP contribution in [-0.4, -0.2) is 33.3 Å². The summed E-state index contributed by atoms with van der Waals surface area (Å²) in [6.07, 6.45) is 9.52. The summed E-state index contributed by atoms with van der Waals surface area (Å²) in [5.74, 6) is 6.00. The fraction of sp³-hybridized carbons (Fsp3) is 0.786. The Bertz CT molecular complexity index is 441. The molecule has 1 aromatic heterocycles. The zero-order chi connectivity index (χ0) is 14.2. The second-order valence-corrected chi connectivity index (χ2v) is 6.96. The Labute approximate surface area is 129 Å². The van der Waals surface area contributed by atoms with Crippen LogP contribution in [0.3, 0.4) is 0 Å². The van der Waals surface area contributed by atoms with Gasteiger partial charge in [-0.05, 0) is 54.7 Å². The molecule has 1 unspecified atom stereocenters. The second kappa shape index (κ2) is 5.75. The maximum Gasteiger partial charge on any atom is 0.0823 e. The van der Waals surface area contributed by atoms with Crippen LogP contribution in [0.2, 0.25) is 0 Å². The van der Waals surface area contributed by atoms with Crippen molar-refractivity contribution in [2.45, 2.75) is 50.1 Å². The average Bonchev–Trinajstić information content (AvgIpc) is 3.15. The number of hydrazine groups is 1. The molecular weight excluding hydrogens is 318 g/mol. The number of hydrogen-bond acceptors (Lipinski definition) is 4. The Morgan fingerprint density at radius 2 is 1.95 bits per heavy atom. The molecule has 3 rings (SSSR count). The predicted molar refractivity (Wildman–Crippen MR) is 83.0 cm³/mol. The van der Waals surface area contributed by atoms with E-state index < -0.39 is 0 Å². The molecule has 0 amide bonds. The average molecular weight is 342 g/mol.